The summed E-state index contributed by atoms with van der Waals surface area (Å²) in [5, 5.41) is 2.41. The molecule has 3 nitrogen and oxygen atoms in total. The summed E-state index contributed by atoms with van der Waals surface area (Å²) >= 11 is 0. The van der Waals surface area contributed by atoms with Gasteiger partial charge in [0.15, 0.2) is 0 Å². The third-order valence-corrected chi connectivity index (χ3v) is 6.76. The molecule has 1 amide bonds. The van der Waals surface area contributed by atoms with Crippen LogP contribution in [-0.4, -0.2) is 41.9 Å². The van der Waals surface area contributed by atoms with Gasteiger partial charge in [-0.2, -0.15) is 0 Å². The number of hydrogen-bond acceptors (Lipinski definition) is 2. The molecule has 30 heavy (non-hydrogen) atoms. The quantitative estimate of drug-likeness (QED) is 0.591. The Bertz CT molecular complexity index is 1040. The second-order valence-corrected chi connectivity index (χ2v) is 8.52. The smallest absolute Gasteiger partial charge is 0.227 e. The summed E-state index contributed by atoms with van der Waals surface area (Å²) in [7, 11) is 2.00. The van der Waals surface area contributed by atoms with E-state index in [-0.39, 0.29) is 24.4 Å². The average Bonchev–Trinajstić information content (AvgIpc) is 3.40. The molecule has 156 valence electrons. The number of rotatable bonds is 4. The van der Waals surface area contributed by atoms with E-state index in [4.69, 9.17) is 0 Å². The average molecular weight is 421 g/mol. The van der Waals surface area contributed by atoms with Gasteiger partial charge in [0.25, 0.3) is 0 Å². The minimum Gasteiger partial charge on any atom is -0.337 e. The summed E-state index contributed by atoms with van der Waals surface area (Å²) < 4.78 is 0. The Hall–Kier alpha value is -2.36. The van der Waals surface area contributed by atoms with Gasteiger partial charge < -0.3 is 4.90 Å². The Labute approximate surface area is 185 Å². The van der Waals surface area contributed by atoms with Crippen LogP contribution in [0.1, 0.15) is 35.6 Å². The molecule has 2 atom stereocenters. The molecule has 3 aromatic rings. The molecule has 1 aliphatic carbocycles. The molecule has 0 aromatic heterocycles. The fraction of sp³-hybridized carbons (Fsp3) is 0.346. The first-order chi connectivity index (χ1) is 14.2. The maximum absolute atomic E-state index is 13.3. The number of carbonyl (C=O) groups is 1. The van der Waals surface area contributed by atoms with Gasteiger partial charge in [-0.3, -0.25) is 9.69 Å². The first kappa shape index (κ1) is 20.9. The number of likely N-dealkylation sites (tertiary alicyclic amines) is 1. The Morgan fingerprint density at radius 3 is 2.47 bits per heavy atom. The molecule has 2 aliphatic rings. The SMILES string of the molecule is CN(C(=O)Cc1ccc2ccccc2c1)[C@@H]1c2ccccc2C[C@H]1N1CCCC1.Cl. The highest BCUT2D eigenvalue weighted by molar-refractivity contribution is 5.86. The molecule has 0 radical (unpaired) electrons. The van der Waals surface area contributed by atoms with Crippen molar-refractivity contribution in [3.8, 4) is 0 Å². The van der Waals surface area contributed by atoms with Gasteiger partial charge in [-0.15, -0.1) is 12.4 Å². The first-order valence-electron chi connectivity index (χ1n) is 10.8. The van der Waals surface area contributed by atoms with Crippen LogP contribution < -0.4 is 0 Å². The Kier molecular flexibility index (Phi) is 6.12. The largest absolute Gasteiger partial charge is 0.337 e. The Balaban J connectivity index is 0.00000218. The summed E-state index contributed by atoms with van der Waals surface area (Å²) in [5.74, 6) is 0.200. The second-order valence-electron chi connectivity index (χ2n) is 8.52. The lowest BCUT2D eigenvalue weighted by Crippen LogP contribution is -2.44. The lowest BCUT2D eigenvalue weighted by atomic mass is 10.0. The molecule has 5 rings (SSSR count). The number of likely N-dealkylation sites (N-methyl/N-ethyl adjacent to an activating group) is 1. The van der Waals surface area contributed by atoms with Crippen molar-refractivity contribution in [2.24, 2.45) is 0 Å². The summed E-state index contributed by atoms with van der Waals surface area (Å²) in [5.41, 5.74) is 3.82. The number of fused-ring (bicyclic) bond motifs is 2. The van der Waals surface area contributed by atoms with Gasteiger partial charge in [-0.1, -0.05) is 66.7 Å². The van der Waals surface area contributed by atoms with Gasteiger partial charge in [0.05, 0.1) is 12.5 Å². The van der Waals surface area contributed by atoms with Crippen LogP contribution in [-0.2, 0) is 17.6 Å². The van der Waals surface area contributed by atoms with Crippen LogP contribution in [0.4, 0.5) is 0 Å². The molecule has 1 fully saturated rings. The number of hydrogen-bond donors (Lipinski definition) is 0. The number of nitrogens with zero attached hydrogens (tertiary/aromatic N) is 2. The van der Waals surface area contributed by atoms with Crippen molar-refractivity contribution in [3.05, 3.63) is 83.4 Å². The highest BCUT2D eigenvalue weighted by Gasteiger charge is 2.40. The maximum atomic E-state index is 13.3. The van der Waals surface area contributed by atoms with E-state index >= 15 is 0 Å². The van der Waals surface area contributed by atoms with Crippen LogP contribution in [0.3, 0.4) is 0 Å². The van der Waals surface area contributed by atoms with Crippen LogP contribution in [0.15, 0.2) is 66.7 Å². The van der Waals surface area contributed by atoms with Crippen molar-refractivity contribution in [2.45, 2.75) is 37.8 Å². The fourth-order valence-electron chi connectivity index (χ4n) is 5.22. The van der Waals surface area contributed by atoms with Gasteiger partial charge in [-0.25, -0.2) is 0 Å². The predicted molar refractivity (Wildman–Crippen MR) is 125 cm³/mol. The van der Waals surface area contributed by atoms with E-state index in [0.717, 1.165) is 25.1 Å². The normalized spacial score (nSPS) is 20.7. The minimum atomic E-state index is 0. The standard InChI is InChI=1S/C26H28N2O.ClH/c1-27(25(29)17-19-12-13-20-8-2-3-9-21(20)16-19)26-23-11-5-4-10-22(23)18-24(26)28-14-6-7-15-28;/h2-5,8-13,16,24,26H,6-7,14-15,17-18H2,1H3;1H/t24-,26-;/m1./s1. The van der Waals surface area contributed by atoms with E-state index in [0.29, 0.717) is 12.5 Å². The third kappa shape index (κ3) is 3.84. The van der Waals surface area contributed by atoms with Crippen LogP contribution >= 0.6 is 12.4 Å². The zero-order valence-electron chi connectivity index (χ0n) is 17.5. The summed E-state index contributed by atoms with van der Waals surface area (Å²) in [4.78, 5) is 17.9. The maximum Gasteiger partial charge on any atom is 0.227 e. The minimum absolute atomic E-state index is 0. The van der Waals surface area contributed by atoms with Gasteiger partial charge in [0.2, 0.25) is 5.91 Å². The zero-order valence-corrected chi connectivity index (χ0v) is 18.3. The summed E-state index contributed by atoms with van der Waals surface area (Å²) in [6.07, 6.45) is 4.05. The van der Waals surface area contributed by atoms with E-state index in [2.05, 4.69) is 71.6 Å². The molecule has 4 heteroatoms. The van der Waals surface area contributed by atoms with Gasteiger partial charge in [0.1, 0.15) is 0 Å². The molecule has 3 aromatic carbocycles. The van der Waals surface area contributed by atoms with E-state index in [1.54, 1.807) is 0 Å². The predicted octanol–water partition coefficient (Wildman–Crippen LogP) is 5.02. The van der Waals surface area contributed by atoms with Crippen molar-refractivity contribution in [1.29, 1.82) is 0 Å². The van der Waals surface area contributed by atoms with Crippen LogP contribution in [0.25, 0.3) is 10.8 Å². The molecular formula is C26H29ClN2O. The van der Waals surface area contributed by atoms with Crippen molar-refractivity contribution >= 4 is 29.1 Å². The molecule has 1 aliphatic heterocycles. The Morgan fingerprint density at radius 2 is 1.67 bits per heavy atom. The molecule has 0 spiro atoms. The summed E-state index contributed by atoms with van der Waals surface area (Å²) in [6, 6.07) is 23.9. The second kappa shape index (κ2) is 8.79. The van der Waals surface area contributed by atoms with Crippen LogP contribution in [0, 0.1) is 0 Å². The van der Waals surface area contributed by atoms with Gasteiger partial charge in [0, 0.05) is 13.1 Å². The molecule has 1 saturated heterocycles. The molecule has 0 unspecified atom stereocenters. The lowest BCUT2D eigenvalue weighted by Gasteiger charge is -2.35. The van der Waals surface area contributed by atoms with Crippen molar-refractivity contribution in [2.75, 3.05) is 20.1 Å². The molecule has 0 saturated carbocycles. The topological polar surface area (TPSA) is 23.6 Å². The number of halogens is 1. The van der Waals surface area contributed by atoms with E-state index < -0.39 is 0 Å². The molecule has 0 N–H and O–H groups in total. The van der Waals surface area contributed by atoms with Gasteiger partial charge in [-0.05, 0) is 59.8 Å². The summed E-state index contributed by atoms with van der Waals surface area (Å²) in [6.45, 7) is 2.31. The first-order valence-corrected chi connectivity index (χ1v) is 10.8. The van der Waals surface area contributed by atoms with Crippen molar-refractivity contribution < 1.29 is 4.79 Å². The van der Waals surface area contributed by atoms with E-state index in [1.165, 1.54) is 34.7 Å². The Morgan fingerprint density at radius 1 is 0.967 bits per heavy atom. The number of carbonyl (C=O) groups excluding carboxylic acids is 1. The molecular weight excluding hydrogens is 392 g/mol. The number of benzene rings is 3. The van der Waals surface area contributed by atoms with Crippen molar-refractivity contribution in [1.82, 2.24) is 9.80 Å². The van der Waals surface area contributed by atoms with E-state index in [9.17, 15) is 4.79 Å². The monoisotopic (exact) mass is 420 g/mol. The van der Waals surface area contributed by atoms with Crippen molar-refractivity contribution in [3.63, 3.8) is 0 Å². The highest BCUT2D eigenvalue weighted by atomic mass is 35.5. The third-order valence-electron chi connectivity index (χ3n) is 6.76. The number of amides is 1. The molecule has 1 heterocycles. The zero-order chi connectivity index (χ0) is 19.8. The molecule has 0 bridgehead atoms. The van der Waals surface area contributed by atoms with E-state index in [1.807, 2.05) is 11.9 Å². The van der Waals surface area contributed by atoms with Crippen LogP contribution in [0.2, 0.25) is 0 Å². The highest BCUT2D eigenvalue weighted by Crippen LogP contribution is 2.39. The lowest BCUT2D eigenvalue weighted by molar-refractivity contribution is -0.132. The van der Waals surface area contributed by atoms with Crippen LogP contribution in [0.5, 0.6) is 0 Å². The fourth-order valence-corrected chi connectivity index (χ4v) is 5.22. The van der Waals surface area contributed by atoms with Gasteiger partial charge >= 0.3 is 0 Å².